The molecule has 12 rings (SSSR count). The normalized spacial score (nSPS) is 12.2. The number of fused-ring (bicyclic) bond motifs is 3. The summed E-state index contributed by atoms with van der Waals surface area (Å²) in [7, 11) is 0. The standard InChI is InChI=1S/C64H44N4/c1-7-20-45(21-8-1)47-34-37-54(38-35-47)68(55-33-19-28-50(42-55)46-22-9-2-10-23-46)56-39-41-58-57-40-36-51(63-66-61(48-24-11-3-12-25-48)65-62(67-63)49-26-13-4-14-27-49)43-59(57)64(60(58)44-56,52-29-15-5-16-30-52)53-31-17-6-18-32-53/h1-44H. The lowest BCUT2D eigenvalue weighted by atomic mass is 9.67. The van der Waals surface area contributed by atoms with Crippen LogP contribution in [0.4, 0.5) is 17.1 Å². The highest BCUT2D eigenvalue weighted by molar-refractivity contribution is 5.91. The second kappa shape index (κ2) is 17.4. The van der Waals surface area contributed by atoms with Gasteiger partial charge in [0.05, 0.1) is 5.41 Å². The minimum absolute atomic E-state index is 0.621. The van der Waals surface area contributed by atoms with Crippen LogP contribution in [0.15, 0.2) is 267 Å². The lowest BCUT2D eigenvalue weighted by Crippen LogP contribution is -2.29. The number of benzene rings is 10. The van der Waals surface area contributed by atoms with E-state index in [0.29, 0.717) is 17.5 Å². The molecule has 1 aliphatic carbocycles. The average Bonchev–Trinajstić information content (AvgIpc) is 3.72. The molecule has 1 aliphatic rings. The zero-order chi connectivity index (χ0) is 45.3. The zero-order valence-corrected chi connectivity index (χ0v) is 37.2. The van der Waals surface area contributed by atoms with Crippen molar-refractivity contribution >= 4 is 17.1 Å². The Morgan fingerprint density at radius 2 is 0.618 bits per heavy atom. The Morgan fingerprint density at radius 3 is 1.15 bits per heavy atom. The third kappa shape index (κ3) is 7.25. The van der Waals surface area contributed by atoms with E-state index in [1.54, 1.807) is 0 Å². The molecule has 4 nitrogen and oxygen atoms in total. The fourth-order valence-corrected chi connectivity index (χ4v) is 10.0. The largest absolute Gasteiger partial charge is 0.310 e. The monoisotopic (exact) mass is 868 g/mol. The molecule has 0 saturated carbocycles. The summed E-state index contributed by atoms with van der Waals surface area (Å²) in [4.78, 5) is 17.8. The Balaban J connectivity index is 1.08. The van der Waals surface area contributed by atoms with Crippen molar-refractivity contribution in [3.05, 3.63) is 289 Å². The Bertz CT molecular complexity index is 3430. The molecule has 0 saturated heterocycles. The third-order valence-electron chi connectivity index (χ3n) is 13.2. The van der Waals surface area contributed by atoms with E-state index in [9.17, 15) is 0 Å². The second-order valence-electron chi connectivity index (χ2n) is 17.2. The van der Waals surface area contributed by atoms with Gasteiger partial charge in [-0.2, -0.15) is 0 Å². The van der Waals surface area contributed by atoms with Crippen LogP contribution in [0.2, 0.25) is 0 Å². The fourth-order valence-electron chi connectivity index (χ4n) is 10.0. The Hall–Kier alpha value is -8.99. The molecule has 0 bridgehead atoms. The van der Waals surface area contributed by atoms with Gasteiger partial charge >= 0.3 is 0 Å². The van der Waals surface area contributed by atoms with Crippen LogP contribution in [0.1, 0.15) is 22.3 Å². The highest BCUT2D eigenvalue weighted by Gasteiger charge is 2.46. The van der Waals surface area contributed by atoms with E-state index >= 15 is 0 Å². The minimum atomic E-state index is -0.703. The van der Waals surface area contributed by atoms with Gasteiger partial charge in [0.2, 0.25) is 0 Å². The molecule has 0 unspecified atom stereocenters. The summed E-state index contributed by atoms with van der Waals surface area (Å²) in [5, 5.41) is 0. The van der Waals surface area contributed by atoms with Crippen molar-refractivity contribution in [1.29, 1.82) is 0 Å². The first-order chi connectivity index (χ1) is 33.7. The lowest BCUT2D eigenvalue weighted by Gasteiger charge is -2.35. The summed E-state index contributed by atoms with van der Waals surface area (Å²) < 4.78 is 0. The average molecular weight is 869 g/mol. The van der Waals surface area contributed by atoms with Crippen LogP contribution >= 0.6 is 0 Å². The van der Waals surface area contributed by atoms with Gasteiger partial charge in [-0.15, -0.1) is 0 Å². The van der Waals surface area contributed by atoms with E-state index < -0.39 is 5.41 Å². The number of hydrogen-bond donors (Lipinski definition) is 0. The molecular formula is C64H44N4. The fraction of sp³-hybridized carbons (Fsp3) is 0.0156. The van der Waals surface area contributed by atoms with Crippen molar-refractivity contribution in [1.82, 2.24) is 15.0 Å². The summed E-state index contributed by atoms with van der Waals surface area (Å²) in [6.07, 6.45) is 0. The number of aromatic nitrogens is 3. The predicted molar refractivity (Wildman–Crippen MR) is 279 cm³/mol. The number of hydrogen-bond acceptors (Lipinski definition) is 4. The van der Waals surface area contributed by atoms with Crippen LogP contribution in [0.3, 0.4) is 0 Å². The molecule has 0 spiro atoms. The molecule has 0 fully saturated rings. The Kier molecular flexibility index (Phi) is 10.4. The van der Waals surface area contributed by atoms with Crippen molar-refractivity contribution in [2.45, 2.75) is 5.41 Å². The van der Waals surface area contributed by atoms with Crippen molar-refractivity contribution < 1.29 is 0 Å². The maximum absolute atomic E-state index is 5.20. The molecule has 0 atom stereocenters. The summed E-state index contributed by atoms with van der Waals surface area (Å²) in [5.74, 6) is 1.89. The van der Waals surface area contributed by atoms with Crippen molar-refractivity contribution in [2.24, 2.45) is 0 Å². The maximum atomic E-state index is 5.20. The highest BCUT2D eigenvalue weighted by atomic mass is 15.1. The highest BCUT2D eigenvalue weighted by Crippen LogP contribution is 2.58. The van der Waals surface area contributed by atoms with Crippen LogP contribution < -0.4 is 4.90 Å². The van der Waals surface area contributed by atoms with Gasteiger partial charge in [-0.1, -0.05) is 224 Å². The van der Waals surface area contributed by atoms with Crippen molar-refractivity contribution in [2.75, 3.05) is 4.90 Å². The molecule has 0 amide bonds. The summed E-state index contributed by atoms with van der Waals surface area (Å²) in [5.41, 5.74) is 17.1. The molecule has 68 heavy (non-hydrogen) atoms. The van der Waals surface area contributed by atoms with E-state index in [1.165, 1.54) is 50.1 Å². The van der Waals surface area contributed by atoms with Gasteiger partial charge in [-0.25, -0.2) is 15.0 Å². The van der Waals surface area contributed by atoms with Gasteiger partial charge in [0.1, 0.15) is 0 Å². The SMILES string of the molecule is c1ccc(-c2ccc(N(c3cccc(-c4ccccc4)c3)c3ccc4c(c3)C(c3ccccc3)(c3ccccc3)c3cc(-c5nc(-c6ccccc6)nc(-c6ccccc6)n5)ccc3-4)cc2)cc1. The van der Waals surface area contributed by atoms with E-state index in [-0.39, 0.29) is 0 Å². The van der Waals surface area contributed by atoms with E-state index in [0.717, 1.165) is 39.3 Å². The van der Waals surface area contributed by atoms with Gasteiger partial charge in [0.15, 0.2) is 17.5 Å². The first kappa shape index (κ1) is 40.5. The van der Waals surface area contributed by atoms with Crippen LogP contribution in [0.5, 0.6) is 0 Å². The number of nitrogens with zero attached hydrogens (tertiary/aromatic N) is 4. The number of rotatable bonds is 10. The van der Waals surface area contributed by atoms with Gasteiger partial charge in [-0.05, 0) is 98.1 Å². The van der Waals surface area contributed by atoms with E-state index in [4.69, 9.17) is 15.0 Å². The van der Waals surface area contributed by atoms with Crippen LogP contribution in [-0.4, -0.2) is 15.0 Å². The molecule has 1 aromatic heterocycles. The topological polar surface area (TPSA) is 41.9 Å². The summed E-state index contributed by atoms with van der Waals surface area (Å²) in [6, 6.07) is 95.2. The molecule has 320 valence electrons. The van der Waals surface area contributed by atoms with Crippen LogP contribution in [0, 0.1) is 0 Å². The van der Waals surface area contributed by atoms with Crippen molar-refractivity contribution in [3.8, 4) is 67.5 Å². The molecule has 10 aromatic carbocycles. The molecular weight excluding hydrogens is 825 g/mol. The molecule has 1 heterocycles. The van der Waals surface area contributed by atoms with Gasteiger partial charge in [0, 0.05) is 33.8 Å². The molecule has 0 radical (unpaired) electrons. The molecule has 0 N–H and O–H groups in total. The Labute approximate surface area is 397 Å². The first-order valence-electron chi connectivity index (χ1n) is 23.1. The smallest absolute Gasteiger partial charge is 0.164 e. The molecule has 11 aromatic rings. The van der Waals surface area contributed by atoms with Gasteiger partial charge < -0.3 is 4.90 Å². The summed E-state index contributed by atoms with van der Waals surface area (Å²) in [6.45, 7) is 0. The van der Waals surface area contributed by atoms with Crippen molar-refractivity contribution in [3.63, 3.8) is 0 Å². The van der Waals surface area contributed by atoms with Gasteiger partial charge in [-0.3, -0.25) is 0 Å². The first-order valence-corrected chi connectivity index (χ1v) is 23.1. The van der Waals surface area contributed by atoms with E-state index in [1.807, 2.05) is 36.4 Å². The quantitative estimate of drug-likeness (QED) is 0.137. The Morgan fingerprint density at radius 1 is 0.250 bits per heavy atom. The lowest BCUT2D eigenvalue weighted by molar-refractivity contribution is 0.768. The van der Waals surface area contributed by atoms with Crippen LogP contribution in [-0.2, 0) is 5.41 Å². The third-order valence-corrected chi connectivity index (χ3v) is 13.2. The minimum Gasteiger partial charge on any atom is -0.310 e. The van der Waals surface area contributed by atoms with Gasteiger partial charge in [0.25, 0.3) is 0 Å². The van der Waals surface area contributed by atoms with E-state index in [2.05, 4.69) is 235 Å². The maximum Gasteiger partial charge on any atom is 0.164 e. The zero-order valence-electron chi connectivity index (χ0n) is 37.2. The second-order valence-corrected chi connectivity index (χ2v) is 17.2. The predicted octanol–water partition coefficient (Wildman–Crippen LogP) is 16.0. The summed E-state index contributed by atoms with van der Waals surface area (Å²) >= 11 is 0. The molecule has 0 aliphatic heterocycles. The molecule has 4 heteroatoms. The van der Waals surface area contributed by atoms with Crippen LogP contribution in [0.25, 0.3) is 67.5 Å². The number of anilines is 3.